The van der Waals surface area contributed by atoms with Crippen LogP contribution >= 0.6 is 11.8 Å². The molecule has 1 saturated carbocycles. The fourth-order valence-corrected chi connectivity index (χ4v) is 5.14. The standard InChI is InChI=1S/C25H25N5O3S/c31-24-21(34-25(32)30-24)13-20-7-10-26-22(29-20)12-16-3-5-19(6-4-16)28-14-17-2-1-9-27-23(17)18-8-11-33-15-18/h1-2,7-11,13,15-16,19,28H,3-6,12,14H2,(H,30,31,32)/b21-13-. The smallest absolute Gasteiger partial charge is 0.290 e. The Bertz CT molecular complexity index is 1200. The normalized spacial score (nSPS) is 21.7. The molecule has 0 bridgehead atoms. The van der Waals surface area contributed by atoms with Gasteiger partial charge in [-0.3, -0.25) is 19.9 Å². The maximum Gasteiger partial charge on any atom is 0.290 e. The molecule has 0 unspecified atom stereocenters. The van der Waals surface area contributed by atoms with Crippen LogP contribution in [0.5, 0.6) is 0 Å². The second-order valence-corrected chi connectivity index (χ2v) is 9.59. The first kappa shape index (κ1) is 22.5. The summed E-state index contributed by atoms with van der Waals surface area (Å²) < 4.78 is 5.22. The van der Waals surface area contributed by atoms with E-state index >= 15 is 0 Å². The quantitative estimate of drug-likeness (QED) is 0.486. The third kappa shape index (κ3) is 5.43. The van der Waals surface area contributed by atoms with E-state index in [-0.39, 0.29) is 11.1 Å². The van der Waals surface area contributed by atoms with Crippen LogP contribution in [-0.4, -0.2) is 32.1 Å². The highest BCUT2D eigenvalue weighted by Crippen LogP contribution is 2.28. The number of furan rings is 1. The second-order valence-electron chi connectivity index (χ2n) is 8.58. The lowest BCUT2D eigenvalue weighted by atomic mass is 9.84. The summed E-state index contributed by atoms with van der Waals surface area (Å²) in [6.07, 6.45) is 13.8. The molecule has 0 atom stereocenters. The van der Waals surface area contributed by atoms with E-state index in [1.807, 2.05) is 18.3 Å². The van der Waals surface area contributed by atoms with Crippen LogP contribution in [0.2, 0.25) is 0 Å². The number of thioether (sulfide) groups is 1. The van der Waals surface area contributed by atoms with E-state index in [2.05, 4.69) is 31.7 Å². The minimum atomic E-state index is -0.371. The van der Waals surface area contributed by atoms with Crippen molar-refractivity contribution in [1.82, 2.24) is 25.6 Å². The molecule has 8 nitrogen and oxygen atoms in total. The number of aromatic nitrogens is 3. The first-order valence-corrected chi connectivity index (χ1v) is 12.2. The Balaban J connectivity index is 1.13. The molecule has 34 heavy (non-hydrogen) atoms. The summed E-state index contributed by atoms with van der Waals surface area (Å²) in [5.74, 6) is 0.941. The predicted octanol–water partition coefficient (Wildman–Crippen LogP) is 4.35. The molecular weight excluding hydrogens is 450 g/mol. The van der Waals surface area contributed by atoms with E-state index in [1.54, 1.807) is 30.9 Å². The number of carbonyl (C=O) groups excluding carboxylic acids is 2. The maximum atomic E-state index is 11.8. The summed E-state index contributed by atoms with van der Waals surface area (Å²) in [7, 11) is 0. The Kier molecular flexibility index (Phi) is 6.82. The van der Waals surface area contributed by atoms with E-state index in [0.29, 0.717) is 22.6 Å². The van der Waals surface area contributed by atoms with Crippen LogP contribution in [0.4, 0.5) is 4.79 Å². The average molecular weight is 476 g/mol. The van der Waals surface area contributed by atoms with Gasteiger partial charge in [0.1, 0.15) is 5.82 Å². The number of carbonyl (C=O) groups is 2. The van der Waals surface area contributed by atoms with Crippen molar-refractivity contribution in [3.05, 3.63) is 71.2 Å². The minimum absolute atomic E-state index is 0.350. The third-order valence-electron chi connectivity index (χ3n) is 6.23. The summed E-state index contributed by atoms with van der Waals surface area (Å²) >= 11 is 0.899. The van der Waals surface area contributed by atoms with Gasteiger partial charge in [0.25, 0.3) is 11.1 Å². The predicted molar refractivity (Wildman–Crippen MR) is 129 cm³/mol. The summed E-state index contributed by atoms with van der Waals surface area (Å²) in [5, 5.41) is 5.62. The van der Waals surface area contributed by atoms with E-state index in [0.717, 1.165) is 67.5 Å². The van der Waals surface area contributed by atoms with Crippen LogP contribution in [0.1, 0.15) is 42.8 Å². The van der Waals surface area contributed by atoms with Gasteiger partial charge in [-0.1, -0.05) is 6.07 Å². The molecular formula is C25H25N5O3S. The molecule has 1 aliphatic carbocycles. The molecule has 1 aliphatic heterocycles. The Hall–Kier alpha value is -3.30. The number of nitrogens with one attached hydrogen (secondary N) is 2. The van der Waals surface area contributed by atoms with Gasteiger partial charge in [0.15, 0.2) is 0 Å². The number of hydrogen-bond acceptors (Lipinski definition) is 8. The van der Waals surface area contributed by atoms with Gasteiger partial charge in [0.2, 0.25) is 0 Å². The molecule has 4 heterocycles. The molecule has 3 aromatic heterocycles. The number of hydrogen-bond donors (Lipinski definition) is 2. The van der Waals surface area contributed by atoms with Crippen molar-refractivity contribution in [2.75, 3.05) is 0 Å². The van der Waals surface area contributed by atoms with Crippen LogP contribution in [0.3, 0.4) is 0 Å². The number of imide groups is 1. The Morgan fingerprint density at radius 1 is 1.12 bits per heavy atom. The van der Waals surface area contributed by atoms with Crippen molar-refractivity contribution in [3.63, 3.8) is 0 Å². The lowest BCUT2D eigenvalue weighted by molar-refractivity contribution is -0.115. The molecule has 2 fully saturated rings. The highest BCUT2D eigenvalue weighted by Gasteiger charge is 2.25. The van der Waals surface area contributed by atoms with Crippen LogP contribution < -0.4 is 10.6 Å². The highest BCUT2D eigenvalue weighted by molar-refractivity contribution is 8.18. The van der Waals surface area contributed by atoms with Gasteiger partial charge in [-0.05, 0) is 73.2 Å². The largest absolute Gasteiger partial charge is 0.472 e. The van der Waals surface area contributed by atoms with Crippen LogP contribution in [0.15, 0.2) is 58.5 Å². The van der Waals surface area contributed by atoms with Gasteiger partial charge in [0, 0.05) is 37.0 Å². The van der Waals surface area contributed by atoms with Crippen molar-refractivity contribution >= 4 is 29.0 Å². The van der Waals surface area contributed by atoms with Crippen molar-refractivity contribution in [3.8, 4) is 11.3 Å². The van der Waals surface area contributed by atoms with Gasteiger partial charge in [-0.15, -0.1) is 0 Å². The molecule has 5 rings (SSSR count). The van der Waals surface area contributed by atoms with Gasteiger partial charge in [0.05, 0.1) is 28.8 Å². The molecule has 0 spiro atoms. The molecule has 0 aromatic carbocycles. The Morgan fingerprint density at radius 3 is 2.76 bits per heavy atom. The Morgan fingerprint density at radius 2 is 2.00 bits per heavy atom. The molecule has 2 amide bonds. The summed E-state index contributed by atoms with van der Waals surface area (Å²) in [6, 6.07) is 8.24. The molecule has 2 aliphatic rings. The summed E-state index contributed by atoms with van der Waals surface area (Å²) in [4.78, 5) is 37.0. The minimum Gasteiger partial charge on any atom is -0.472 e. The van der Waals surface area contributed by atoms with Gasteiger partial charge in [-0.25, -0.2) is 9.97 Å². The van der Waals surface area contributed by atoms with E-state index < -0.39 is 0 Å². The van der Waals surface area contributed by atoms with Crippen LogP contribution in [0, 0.1) is 5.92 Å². The second kappa shape index (κ2) is 10.3. The molecule has 174 valence electrons. The molecule has 9 heteroatoms. The monoisotopic (exact) mass is 475 g/mol. The summed E-state index contributed by atoms with van der Waals surface area (Å²) in [5.41, 5.74) is 3.78. The van der Waals surface area contributed by atoms with E-state index in [1.165, 1.54) is 5.56 Å². The number of amides is 2. The molecule has 2 N–H and O–H groups in total. The highest BCUT2D eigenvalue weighted by atomic mass is 32.2. The topological polar surface area (TPSA) is 110 Å². The van der Waals surface area contributed by atoms with Crippen molar-refractivity contribution in [1.29, 1.82) is 0 Å². The molecule has 1 saturated heterocycles. The summed E-state index contributed by atoms with van der Waals surface area (Å²) in [6.45, 7) is 0.775. The SMILES string of the molecule is O=C1NC(=O)/C(=C/c2ccnc(CC3CCC(NCc4cccnc4-c4ccoc4)CC3)n2)S1. The van der Waals surface area contributed by atoms with Gasteiger partial charge >= 0.3 is 0 Å². The first-order chi connectivity index (χ1) is 16.6. The Labute approximate surface area is 201 Å². The number of pyridine rings is 1. The van der Waals surface area contributed by atoms with Crippen LogP contribution in [0.25, 0.3) is 17.3 Å². The fraction of sp³-hybridized carbons (Fsp3) is 0.320. The first-order valence-electron chi connectivity index (χ1n) is 11.4. The van der Waals surface area contributed by atoms with Crippen molar-refractivity contribution in [2.24, 2.45) is 5.92 Å². The van der Waals surface area contributed by atoms with E-state index in [4.69, 9.17) is 4.42 Å². The maximum absolute atomic E-state index is 11.8. The van der Waals surface area contributed by atoms with Crippen LogP contribution in [-0.2, 0) is 17.8 Å². The zero-order valence-corrected chi connectivity index (χ0v) is 19.4. The van der Waals surface area contributed by atoms with E-state index in [9.17, 15) is 9.59 Å². The van der Waals surface area contributed by atoms with Gasteiger partial charge in [-0.2, -0.15) is 0 Å². The van der Waals surface area contributed by atoms with Gasteiger partial charge < -0.3 is 9.73 Å². The molecule has 3 aromatic rings. The fourth-order valence-electron chi connectivity index (χ4n) is 4.47. The zero-order valence-electron chi connectivity index (χ0n) is 18.6. The zero-order chi connectivity index (χ0) is 23.3. The lowest BCUT2D eigenvalue weighted by Crippen LogP contribution is -2.33. The van der Waals surface area contributed by atoms with Crippen molar-refractivity contribution in [2.45, 2.75) is 44.7 Å². The average Bonchev–Trinajstić information content (AvgIpc) is 3.49. The third-order valence-corrected chi connectivity index (χ3v) is 7.04. The van der Waals surface area contributed by atoms with Crippen molar-refractivity contribution < 1.29 is 14.0 Å². The number of nitrogens with zero attached hydrogens (tertiary/aromatic N) is 3. The lowest BCUT2D eigenvalue weighted by Gasteiger charge is -2.29. The number of rotatable bonds is 7. The molecule has 0 radical (unpaired) electrons.